The Bertz CT molecular complexity index is 902. The van der Waals surface area contributed by atoms with Gasteiger partial charge in [0.25, 0.3) is 5.91 Å². The number of carbonyl (C=O) groups is 1. The maximum Gasteiger partial charge on any atom is 0.259 e. The Morgan fingerprint density at radius 1 is 1.21 bits per heavy atom. The van der Waals surface area contributed by atoms with Crippen LogP contribution in [0.2, 0.25) is 0 Å². The first kappa shape index (κ1) is 14.8. The van der Waals surface area contributed by atoms with Crippen LogP contribution in [0.5, 0.6) is 0 Å². The second-order valence-electron chi connectivity index (χ2n) is 5.54. The Balaban J connectivity index is 1.77. The minimum atomic E-state index is -0.325. The normalized spacial score (nSPS) is 15.0. The van der Waals surface area contributed by atoms with Crippen LogP contribution in [-0.2, 0) is 4.74 Å². The van der Waals surface area contributed by atoms with Crippen LogP contribution in [0.25, 0.3) is 16.9 Å². The molecular weight excluding hydrogens is 311 g/mol. The lowest BCUT2D eigenvalue weighted by Crippen LogP contribution is -2.40. The zero-order valence-electron chi connectivity index (χ0n) is 12.9. The van der Waals surface area contributed by atoms with Gasteiger partial charge in [-0.3, -0.25) is 4.79 Å². The van der Waals surface area contributed by atoms with Gasteiger partial charge in [0, 0.05) is 24.8 Å². The van der Waals surface area contributed by atoms with Crippen molar-refractivity contribution in [3.05, 3.63) is 54.1 Å². The molecule has 0 saturated carbocycles. The second kappa shape index (κ2) is 6.01. The van der Waals surface area contributed by atoms with Crippen LogP contribution in [0.3, 0.4) is 0 Å². The molecule has 7 heteroatoms. The van der Waals surface area contributed by atoms with E-state index in [-0.39, 0.29) is 11.7 Å². The minimum absolute atomic E-state index is 0.114. The van der Waals surface area contributed by atoms with Crippen LogP contribution >= 0.6 is 0 Å². The van der Waals surface area contributed by atoms with Crippen molar-refractivity contribution in [2.45, 2.75) is 0 Å². The molecule has 0 radical (unpaired) electrons. The van der Waals surface area contributed by atoms with Gasteiger partial charge in [-0.2, -0.15) is 5.10 Å². The van der Waals surface area contributed by atoms with Gasteiger partial charge < -0.3 is 9.64 Å². The predicted octanol–water partition coefficient (Wildman–Crippen LogP) is 2.01. The van der Waals surface area contributed by atoms with Gasteiger partial charge >= 0.3 is 0 Å². The molecule has 0 N–H and O–H groups in total. The average Bonchev–Trinajstić information content (AvgIpc) is 3.06. The number of aromatic nitrogens is 3. The van der Waals surface area contributed by atoms with Crippen molar-refractivity contribution >= 4 is 11.6 Å². The first-order valence-corrected chi connectivity index (χ1v) is 7.70. The quantitative estimate of drug-likeness (QED) is 0.723. The van der Waals surface area contributed by atoms with E-state index in [0.717, 1.165) is 0 Å². The van der Waals surface area contributed by atoms with Crippen LogP contribution in [0.15, 0.2) is 42.7 Å². The van der Waals surface area contributed by atoms with E-state index in [9.17, 15) is 9.18 Å². The number of rotatable bonds is 2. The highest BCUT2D eigenvalue weighted by Crippen LogP contribution is 2.22. The summed E-state index contributed by atoms with van der Waals surface area (Å²) in [5.41, 5.74) is 2.26. The fourth-order valence-corrected chi connectivity index (χ4v) is 2.85. The Hall–Kier alpha value is -2.80. The average molecular weight is 326 g/mol. The van der Waals surface area contributed by atoms with Gasteiger partial charge in [0.15, 0.2) is 5.65 Å². The lowest BCUT2D eigenvalue weighted by Gasteiger charge is -2.26. The van der Waals surface area contributed by atoms with Gasteiger partial charge in [0.05, 0.1) is 25.1 Å². The summed E-state index contributed by atoms with van der Waals surface area (Å²) in [6, 6.07) is 8.00. The largest absolute Gasteiger partial charge is 0.378 e. The number of amides is 1. The van der Waals surface area contributed by atoms with E-state index >= 15 is 0 Å². The molecule has 0 spiro atoms. The number of carbonyl (C=O) groups excluding carboxylic acids is 1. The maximum atomic E-state index is 13.5. The topological polar surface area (TPSA) is 59.7 Å². The molecular formula is C17H15FN4O2. The fourth-order valence-electron chi connectivity index (χ4n) is 2.85. The van der Waals surface area contributed by atoms with E-state index in [1.54, 1.807) is 33.8 Å². The number of halogens is 1. The van der Waals surface area contributed by atoms with Crippen molar-refractivity contribution in [1.82, 2.24) is 19.5 Å². The summed E-state index contributed by atoms with van der Waals surface area (Å²) < 4.78 is 20.4. The molecule has 1 aliphatic heterocycles. The summed E-state index contributed by atoms with van der Waals surface area (Å²) in [6.07, 6.45) is 3.12. The van der Waals surface area contributed by atoms with Gasteiger partial charge in [-0.25, -0.2) is 13.9 Å². The highest BCUT2D eigenvalue weighted by atomic mass is 19.1. The predicted molar refractivity (Wildman–Crippen MR) is 85.1 cm³/mol. The van der Waals surface area contributed by atoms with Gasteiger partial charge in [0.1, 0.15) is 11.4 Å². The molecule has 1 amide bonds. The lowest BCUT2D eigenvalue weighted by atomic mass is 10.1. The summed E-state index contributed by atoms with van der Waals surface area (Å²) in [5, 5.41) is 4.29. The van der Waals surface area contributed by atoms with Crippen molar-refractivity contribution in [2.75, 3.05) is 26.3 Å². The molecule has 1 fully saturated rings. The van der Waals surface area contributed by atoms with Crippen molar-refractivity contribution < 1.29 is 13.9 Å². The zero-order valence-corrected chi connectivity index (χ0v) is 12.9. The van der Waals surface area contributed by atoms with E-state index < -0.39 is 0 Å². The Kier molecular flexibility index (Phi) is 3.70. The summed E-state index contributed by atoms with van der Waals surface area (Å²) in [7, 11) is 0. The molecule has 3 heterocycles. The number of fused-ring (bicyclic) bond motifs is 1. The number of hydrogen-bond acceptors (Lipinski definition) is 4. The van der Waals surface area contributed by atoms with Crippen LogP contribution in [0, 0.1) is 5.82 Å². The Labute approximate surface area is 137 Å². The molecule has 4 rings (SSSR count). The van der Waals surface area contributed by atoms with Crippen molar-refractivity contribution in [2.24, 2.45) is 0 Å². The third-order valence-electron chi connectivity index (χ3n) is 4.05. The smallest absolute Gasteiger partial charge is 0.259 e. The van der Waals surface area contributed by atoms with Crippen LogP contribution in [0.1, 0.15) is 10.4 Å². The molecule has 1 aromatic carbocycles. The fraction of sp³-hybridized carbons (Fsp3) is 0.235. The van der Waals surface area contributed by atoms with Gasteiger partial charge in [-0.15, -0.1) is 0 Å². The van der Waals surface area contributed by atoms with Gasteiger partial charge in [-0.1, -0.05) is 12.1 Å². The van der Waals surface area contributed by atoms with E-state index in [1.807, 2.05) is 0 Å². The van der Waals surface area contributed by atoms with Gasteiger partial charge in [0.2, 0.25) is 0 Å². The standard InChI is InChI=1S/C17H15FN4O2/c18-13-3-1-2-12(10-13)15-4-5-19-16-14(11-20-22(15)16)17(23)21-6-8-24-9-7-21/h1-5,10-11H,6-9H2. The molecule has 1 saturated heterocycles. The van der Waals surface area contributed by atoms with Crippen LogP contribution < -0.4 is 0 Å². The Morgan fingerprint density at radius 3 is 2.83 bits per heavy atom. The molecule has 0 atom stereocenters. The number of nitrogens with zero attached hydrogens (tertiary/aromatic N) is 4. The van der Waals surface area contributed by atoms with E-state index in [2.05, 4.69) is 10.1 Å². The van der Waals surface area contributed by atoms with Gasteiger partial charge in [-0.05, 0) is 18.2 Å². The van der Waals surface area contributed by atoms with E-state index in [0.29, 0.717) is 48.8 Å². The number of ether oxygens (including phenoxy) is 1. The SMILES string of the molecule is O=C(c1cnn2c(-c3cccc(F)c3)ccnc12)N1CCOCC1. The molecule has 6 nitrogen and oxygen atoms in total. The highest BCUT2D eigenvalue weighted by Gasteiger charge is 2.23. The molecule has 3 aromatic rings. The first-order valence-electron chi connectivity index (χ1n) is 7.70. The minimum Gasteiger partial charge on any atom is -0.378 e. The summed E-state index contributed by atoms with van der Waals surface area (Å²) >= 11 is 0. The molecule has 24 heavy (non-hydrogen) atoms. The lowest BCUT2D eigenvalue weighted by molar-refractivity contribution is 0.0304. The maximum absolute atomic E-state index is 13.5. The second-order valence-corrected chi connectivity index (χ2v) is 5.54. The van der Waals surface area contributed by atoms with E-state index in [4.69, 9.17) is 4.74 Å². The summed E-state index contributed by atoms with van der Waals surface area (Å²) in [5.74, 6) is -0.438. The summed E-state index contributed by atoms with van der Waals surface area (Å²) in [6.45, 7) is 2.18. The van der Waals surface area contributed by atoms with Crippen LogP contribution in [-0.4, -0.2) is 51.7 Å². The zero-order chi connectivity index (χ0) is 16.5. The van der Waals surface area contributed by atoms with Crippen molar-refractivity contribution in [3.63, 3.8) is 0 Å². The monoisotopic (exact) mass is 326 g/mol. The molecule has 2 aromatic heterocycles. The third kappa shape index (κ3) is 2.52. The highest BCUT2D eigenvalue weighted by molar-refractivity contribution is 6.00. The number of benzene rings is 1. The molecule has 1 aliphatic rings. The molecule has 0 aliphatic carbocycles. The number of hydrogen-bond donors (Lipinski definition) is 0. The first-order chi connectivity index (χ1) is 11.7. The number of morpholine rings is 1. The molecule has 122 valence electrons. The molecule has 0 bridgehead atoms. The Morgan fingerprint density at radius 2 is 2.04 bits per heavy atom. The summed E-state index contributed by atoms with van der Waals surface area (Å²) in [4.78, 5) is 18.7. The molecule has 0 unspecified atom stereocenters. The van der Waals surface area contributed by atoms with Crippen molar-refractivity contribution in [3.8, 4) is 11.3 Å². The van der Waals surface area contributed by atoms with Crippen LogP contribution in [0.4, 0.5) is 4.39 Å². The third-order valence-corrected chi connectivity index (χ3v) is 4.05. The van der Waals surface area contributed by atoms with E-state index in [1.165, 1.54) is 18.3 Å². The van der Waals surface area contributed by atoms with Crippen molar-refractivity contribution in [1.29, 1.82) is 0 Å².